The molecule has 16 nitrogen and oxygen atoms in total. The first-order valence-corrected chi connectivity index (χ1v) is 33.8. The molecule has 2 aromatic carbocycles. The number of nitrogens with zero attached hydrogens (tertiary/aromatic N) is 2. The van der Waals surface area contributed by atoms with Gasteiger partial charge in [-0.15, -0.1) is 0 Å². The fourth-order valence-corrected chi connectivity index (χ4v) is 19.6. The number of carbonyl (C=O) groups excluding carboxylic acids is 2. The summed E-state index contributed by atoms with van der Waals surface area (Å²) in [6.07, 6.45) is 3.73. The molecule has 4 heterocycles. The van der Waals surface area contributed by atoms with Crippen LogP contribution in [0.3, 0.4) is 0 Å². The predicted octanol–water partition coefficient (Wildman–Crippen LogP) is 8.55. The Morgan fingerprint density at radius 3 is 1.89 bits per heavy atom. The van der Waals surface area contributed by atoms with Gasteiger partial charge in [0, 0.05) is 51.3 Å². The van der Waals surface area contributed by atoms with E-state index < -0.39 is 109 Å². The molecule has 6 rings (SSSR count). The van der Waals surface area contributed by atoms with Crippen molar-refractivity contribution in [3.05, 3.63) is 60.7 Å². The van der Waals surface area contributed by atoms with Gasteiger partial charge in [0.25, 0.3) is 0 Å². The summed E-state index contributed by atoms with van der Waals surface area (Å²) >= 11 is 0. The molecule has 18 atom stereocenters. The third-order valence-electron chi connectivity index (χ3n) is 19.4. The van der Waals surface area contributed by atoms with Gasteiger partial charge in [-0.1, -0.05) is 95.7 Å². The maximum absolute atomic E-state index is 14.7. The van der Waals surface area contributed by atoms with Crippen molar-refractivity contribution in [1.29, 1.82) is 0 Å². The number of rotatable bonds is 22. The van der Waals surface area contributed by atoms with E-state index in [1.807, 2.05) is 39.8 Å². The number of ether oxygens (including phenoxy) is 7. The summed E-state index contributed by atoms with van der Waals surface area (Å²) in [6.45, 7) is 19.2. The van der Waals surface area contributed by atoms with Crippen molar-refractivity contribution in [2.24, 2.45) is 17.8 Å². The molecule has 0 radical (unpaired) electrons. The highest BCUT2D eigenvalue weighted by Gasteiger charge is 2.54. The number of amides is 1. The quantitative estimate of drug-likeness (QED) is 0.0426. The second kappa shape index (κ2) is 31.5. The summed E-state index contributed by atoms with van der Waals surface area (Å²) in [5.74, 6) is -3.25. The van der Waals surface area contributed by atoms with Gasteiger partial charge in [-0.3, -0.25) is 9.59 Å². The van der Waals surface area contributed by atoms with Crippen molar-refractivity contribution < 1.29 is 68.3 Å². The predicted molar refractivity (Wildman–Crippen MR) is 327 cm³/mol. The molecule has 5 N–H and O–H groups in total. The van der Waals surface area contributed by atoms with Gasteiger partial charge in [0.2, 0.25) is 5.91 Å². The van der Waals surface area contributed by atoms with Crippen LogP contribution in [0.5, 0.6) is 0 Å². The number of benzene rings is 2. The number of unbranched alkanes of at least 4 members (excludes halogenated alkanes) is 8. The minimum Gasteiger partial charge on any atom is -0.459 e. The number of aliphatic hydroxyl groups excluding tert-OH is 3. The van der Waals surface area contributed by atoms with Gasteiger partial charge in [-0.05, 0) is 131 Å². The van der Waals surface area contributed by atoms with Crippen molar-refractivity contribution in [1.82, 2.24) is 9.80 Å². The first-order valence-electron chi connectivity index (χ1n) is 31.7. The molecule has 0 saturated carbocycles. The van der Waals surface area contributed by atoms with Gasteiger partial charge in [0.05, 0.1) is 90.5 Å². The van der Waals surface area contributed by atoms with Crippen LogP contribution in [0.25, 0.3) is 0 Å². The highest BCUT2D eigenvalue weighted by Crippen LogP contribution is 2.64. The third kappa shape index (κ3) is 17.4. The summed E-state index contributed by atoms with van der Waals surface area (Å²) in [5, 5.41) is 63.6. The van der Waals surface area contributed by atoms with Gasteiger partial charge in [0.15, 0.2) is 12.6 Å². The third-order valence-corrected chi connectivity index (χ3v) is 24.6. The van der Waals surface area contributed by atoms with Gasteiger partial charge in [-0.2, -0.15) is 0 Å². The van der Waals surface area contributed by atoms with E-state index in [1.165, 1.54) is 56.5 Å². The lowest BCUT2D eigenvalue weighted by Gasteiger charge is -2.48. The van der Waals surface area contributed by atoms with E-state index >= 15 is 0 Å². The SMILES string of the molecule is CC[C@H]1OC(=O)[C@H](C)[C@@H](O[C@H]2C[C@@](C)(OC)[C@@H](O)[C@H](C)O2)[C@H](C)[C@@H](O[C@@H]2O[C@H](C)C[C@H](N(C)C)[C@H]2O)[C@](C)(O)C[C@@H](C)CN(C(=O)CCCCCCCCCCC[P+](c2ccccc2)(c2ccccc2)C2CCOCC2)[C@H](C)[C@@H](O)[C@]1(C)O. The van der Waals surface area contributed by atoms with Crippen LogP contribution in [0.2, 0.25) is 0 Å². The fraction of sp³-hybridized carbons (Fsp3) is 0.788. The first-order chi connectivity index (χ1) is 39.3. The first kappa shape index (κ1) is 69.4. The van der Waals surface area contributed by atoms with Gasteiger partial charge < -0.3 is 68.5 Å². The van der Waals surface area contributed by atoms with E-state index in [2.05, 4.69) is 60.7 Å². The zero-order valence-electron chi connectivity index (χ0n) is 52.9. The molecule has 0 aromatic heterocycles. The van der Waals surface area contributed by atoms with E-state index in [1.54, 1.807) is 46.4 Å². The number of esters is 1. The number of aliphatic hydroxyl groups is 5. The van der Waals surface area contributed by atoms with E-state index in [0.29, 0.717) is 18.5 Å². The van der Waals surface area contributed by atoms with E-state index in [-0.39, 0.29) is 50.3 Å². The van der Waals surface area contributed by atoms with Crippen LogP contribution < -0.4 is 10.6 Å². The van der Waals surface area contributed by atoms with Gasteiger partial charge in [-0.25, -0.2) is 0 Å². The van der Waals surface area contributed by atoms with E-state index in [0.717, 1.165) is 51.7 Å². The van der Waals surface area contributed by atoms with Crippen LogP contribution in [0, 0.1) is 17.8 Å². The normalized spacial score (nSPS) is 36.7. The van der Waals surface area contributed by atoms with Crippen LogP contribution in [-0.4, -0.2) is 190 Å². The minimum absolute atomic E-state index is 0.0763. The Morgan fingerprint density at radius 1 is 0.771 bits per heavy atom. The highest BCUT2D eigenvalue weighted by atomic mass is 31.2. The Balaban J connectivity index is 1.15. The Morgan fingerprint density at radius 2 is 1.34 bits per heavy atom. The maximum Gasteiger partial charge on any atom is 0.311 e. The molecule has 1 amide bonds. The molecular weight excluding hydrogens is 1080 g/mol. The minimum atomic E-state index is -2.00. The van der Waals surface area contributed by atoms with Crippen molar-refractivity contribution in [2.45, 2.75) is 268 Å². The Labute approximate surface area is 499 Å². The lowest BCUT2D eigenvalue weighted by Crippen LogP contribution is -2.60. The average Bonchev–Trinajstić information content (AvgIpc) is 2.71. The van der Waals surface area contributed by atoms with Crippen LogP contribution in [0.4, 0.5) is 0 Å². The number of methoxy groups -OCH3 is 1. The number of carbonyl (C=O) groups is 2. The molecule has 83 heavy (non-hydrogen) atoms. The monoisotopic (exact) mass is 1190 g/mol. The maximum atomic E-state index is 14.7. The molecule has 0 spiro atoms. The number of hydrogen-bond donors (Lipinski definition) is 5. The van der Waals surface area contributed by atoms with Gasteiger partial charge in [0.1, 0.15) is 30.0 Å². The Kier molecular flexibility index (Phi) is 26.3. The standard InChI is InChI=1S/C66H110N2O14P/c1-14-54-66(10,75)59(71)48(6)68(55(69)34-28-20-18-16-15-17-19-21-29-39-83(50-30-24-22-25-31-50,51-32-26-23-27-33-51)52-35-37-77-38-36-52)43-44(2)41-64(8,74)61(82-63-57(70)53(67(11)12)40-45(3)78-63)46(4)58(47(5)62(73)80-54)81-56-42-65(9,76-13)60(72)49(7)79-56/h22-27,30-33,44-49,52-54,56-61,63,70-72,74-75H,14-21,28-29,34-43H2,1-13H3/q+1/t44-,45-,46+,47-,48-,49+,53+,54-,56+,57-,58+,59-,60+,61-,63+,64-,65-,66-/m1/s1. The molecule has 472 valence electrons. The zero-order valence-corrected chi connectivity index (χ0v) is 53.8. The molecule has 4 fully saturated rings. The van der Waals surface area contributed by atoms with Crippen LogP contribution >= 0.6 is 7.26 Å². The van der Waals surface area contributed by atoms with Crippen LogP contribution in [0.15, 0.2) is 60.7 Å². The van der Waals surface area contributed by atoms with E-state index in [9.17, 15) is 35.1 Å². The lowest BCUT2D eigenvalue weighted by atomic mass is 9.77. The summed E-state index contributed by atoms with van der Waals surface area (Å²) in [7, 11) is 3.62. The Hall–Kier alpha value is -2.67. The molecule has 4 saturated heterocycles. The molecule has 17 heteroatoms. The fourth-order valence-electron chi connectivity index (χ4n) is 14.4. The zero-order chi connectivity index (χ0) is 60.9. The molecule has 0 aliphatic carbocycles. The van der Waals surface area contributed by atoms with Crippen LogP contribution in [0.1, 0.15) is 172 Å². The van der Waals surface area contributed by atoms with Crippen molar-refractivity contribution in [3.63, 3.8) is 0 Å². The van der Waals surface area contributed by atoms with Crippen molar-refractivity contribution in [2.75, 3.05) is 47.1 Å². The molecule has 0 unspecified atom stereocenters. The number of hydrogen-bond acceptors (Lipinski definition) is 15. The molecule has 4 aliphatic heterocycles. The topological polar surface area (TPSA) is 206 Å². The smallest absolute Gasteiger partial charge is 0.311 e. The van der Waals surface area contributed by atoms with E-state index in [4.69, 9.17) is 33.2 Å². The average molecular weight is 1190 g/mol. The second-order valence-electron chi connectivity index (χ2n) is 26.3. The molecule has 4 aliphatic rings. The molecule has 2 aromatic rings. The summed E-state index contributed by atoms with van der Waals surface area (Å²) in [4.78, 5) is 32.9. The largest absolute Gasteiger partial charge is 0.459 e. The number of likely N-dealkylation sites (N-methyl/N-ethyl adjacent to an activating group) is 1. The second-order valence-corrected chi connectivity index (χ2v) is 30.3. The molecule has 0 bridgehead atoms. The number of cyclic esters (lactones) is 1. The summed E-state index contributed by atoms with van der Waals surface area (Å²) < 4.78 is 44.2. The Bertz CT molecular complexity index is 2200. The summed E-state index contributed by atoms with van der Waals surface area (Å²) in [6, 6.07) is 21.3. The molecular formula is C66H110N2O14P+. The van der Waals surface area contributed by atoms with Crippen molar-refractivity contribution >= 4 is 29.7 Å². The summed E-state index contributed by atoms with van der Waals surface area (Å²) in [5.41, 5.74) is -4.16. The van der Waals surface area contributed by atoms with Crippen LogP contribution in [-0.2, 0) is 42.7 Å². The lowest BCUT2D eigenvalue weighted by molar-refractivity contribution is -0.318. The van der Waals surface area contributed by atoms with Crippen molar-refractivity contribution in [3.8, 4) is 0 Å². The van der Waals surface area contributed by atoms with Gasteiger partial charge >= 0.3 is 5.97 Å². The highest BCUT2D eigenvalue weighted by molar-refractivity contribution is 7.90.